The lowest BCUT2D eigenvalue weighted by Crippen LogP contribution is -2.03. The Morgan fingerprint density at radius 3 is 2.90 bits per heavy atom. The van der Waals surface area contributed by atoms with Gasteiger partial charge in [-0.1, -0.05) is 17.8 Å². The lowest BCUT2D eigenvalue weighted by Gasteiger charge is -2.08. The molecular weight excluding hydrogens is 302 g/mol. The normalized spacial score (nSPS) is 11.8. The van der Waals surface area contributed by atoms with Crippen molar-refractivity contribution in [2.75, 3.05) is 5.75 Å². The van der Waals surface area contributed by atoms with Crippen LogP contribution < -0.4 is 0 Å². The summed E-state index contributed by atoms with van der Waals surface area (Å²) in [6, 6.07) is 8.36. The third-order valence-electron chi connectivity index (χ3n) is 2.98. The van der Waals surface area contributed by atoms with E-state index in [1.54, 1.807) is 11.3 Å². The summed E-state index contributed by atoms with van der Waals surface area (Å²) in [4.78, 5) is 1.09. The van der Waals surface area contributed by atoms with Gasteiger partial charge in [-0.2, -0.15) is 10.5 Å². The average molecular weight is 317 g/mol. The van der Waals surface area contributed by atoms with Crippen LogP contribution in [0, 0.1) is 28.6 Å². The standard InChI is InChI=1S/C14H15N5S2/c1-2-19-13(12-6-4-8-20-12)17-18-14(19)21-10-11(9-16)5-3-7-15/h4,6,8,11H,2-3,5,10H2,1H3/t11-/m0/s1. The first-order valence-electron chi connectivity index (χ1n) is 6.66. The van der Waals surface area contributed by atoms with Crippen molar-refractivity contribution in [3.05, 3.63) is 17.5 Å². The fraction of sp³-hybridized carbons (Fsp3) is 0.429. The Hall–Kier alpha value is -1.83. The van der Waals surface area contributed by atoms with Crippen LogP contribution in [0.4, 0.5) is 0 Å². The molecule has 0 bridgehead atoms. The molecule has 0 aliphatic rings. The molecule has 1 atom stereocenters. The monoisotopic (exact) mass is 317 g/mol. The van der Waals surface area contributed by atoms with Crippen LogP contribution in [0.5, 0.6) is 0 Å². The number of thiophene rings is 1. The minimum atomic E-state index is -0.123. The predicted molar refractivity (Wildman–Crippen MR) is 83.7 cm³/mol. The van der Waals surface area contributed by atoms with Gasteiger partial charge in [0.05, 0.1) is 22.9 Å². The molecule has 7 heteroatoms. The summed E-state index contributed by atoms with van der Waals surface area (Å²) in [6.45, 7) is 2.85. The van der Waals surface area contributed by atoms with Gasteiger partial charge in [-0.15, -0.1) is 21.5 Å². The third kappa shape index (κ3) is 3.84. The number of thioether (sulfide) groups is 1. The predicted octanol–water partition coefficient (Wildman–Crippen LogP) is 3.56. The molecule has 0 spiro atoms. The first-order chi connectivity index (χ1) is 10.3. The SMILES string of the molecule is CCn1c(SC[C@H](C#N)CCC#N)nnc1-c1cccs1. The fourth-order valence-corrected chi connectivity index (χ4v) is 3.65. The Morgan fingerprint density at radius 2 is 2.29 bits per heavy atom. The molecule has 21 heavy (non-hydrogen) atoms. The van der Waals surface area contributed by atoms with E-state index >= 15 is 0 Å². The number of nitriles is 2. The minimum Gasteiger partial charge on any atom is -0.302 e. The molecule has 2 aromatic heterocycles. The van der Waals surface area contributed by atoms with Crippen LogP contribution in [-0.4, -0.2) is 20.5 Å². The Balaban J connectivity index is 2.08. The van der Waals surface area contributed by atoms with E-state index in [0.717, 1.165) is 22.4 Å². The van der Waals surface area contributed by atoms with Crippen LogP contribution >= 0.6 is 23.1 Å². The number of aromatic nitrogens is 3. The molecule has 0 aromatic carbocycles. The number of hydrogen-bond acceptors (Lipinski definition) is 6. The second-order valence-corrected chi connectivity index (χ2v) is 6.30. The number of hydrogen-bond donors (Lipinski definition) is 0. The number of nitrogens with zero attached hydrogens (tertiary/aromatic N) is 5. The molecule has 2 rings (SSSR count). The lowest BCUT2D eigenvalue weighted by atomic mass is 10.1. The summed E-state index contributed by atoms with van der Waals surface area (Å²) in [5.74, 6) is 1.39. The van der Waals surface area contributed by atoms with Gasteiger partial charge in [0.15, 0.2) is 11.0 Å². The van der Waals surface area contributed by atoms with Gasteiger partial charge in [-0.05, 0) is 24.8 Å². The molecule has 5 nitrogen and oxygen atoms in total. The molecule has 2 heterocycles. The Labute approximate surface area is 132 Å². The maximum absolute atomic E-state index is 9.10. The zero-order valence-corrected chi connectivity index (χ0v) is 13.3. The first-order valence-corrected chi connectivity index (χ1v) is 8.53. The summed E-state index contributed by atoms with van der Waals surface area (Å²) in [6.07, 6.45) is 1.03. The quantitative estimate of drug-likeness (QED) is 0.730. The van der Waals surface area contributed by atoms with Crippen molar-refractivity contribution in [3.8, 4) is 22.8 Å². The van der Waals surface area contributed by atoms with Crippen LogP contribution in [0.25, 0.3) is 10.7 Å². The molecule has 0 unspecified atom stereocenters. The van der Waals surface area contributed by atoms with Gasteiger partial charge in [-0.25, -0.2) is 0 Å². The highest BCUT2D eigenvalue weighted by Crippen LogP contribution is 2.28. The van der Waals surface area contributed by atoms with E-state index in [9.17, 15) is 0 Å². The zero-order valence-electron chi connectivity index (χ0n) is 11.7. The average Bonchev–Trinajstić information content (AvgIpc) is 3.16. The van der Waals surface area contributed by atoms with Crippen molar-refractivity contribution in [1.29, 1.82) is 10.5 Å². The molecule has 0 fully saturated rings. The van der Waals surface area contributed by atoms with Gasteiger partial charge in [0.25, 0.3) is 0 Å². The van der Waals surface area contributed by atoms with Crippen LogP contribution in [0.15, 0.2) is 22.7 Å². The fourth-order valence-electron chi connectivity index (χ4n) is 1.87. The van der Waals surface area contributed by atoms with Gasteiger partial charge < -0.3 is 4.57 Å². The van der Waals surface area contributed by atoms with Gasteiger partial charge in [0.1, 0.15) is 0 Å². The van der Waals surface area contributed by atoms with Gasteiger partial charge in [0, 0.05) is 18.7 Å². The maximum Gasteiger partial charge on any atom is 0.191 e. The van der Waals surface area contributed by atoms with Crippen LogP contribution in [0.2, 0.25) is 0 Å². The van der Waals surface area contributed by atoms with Gasteiger partial charge in [0.2, 0.25) is 0 Å². The summed E-state index contributed by atoms with van der Waals surface area (Å²) in [5, 5.41) is 29.0. The summed E-state index contributed by atoms with van der Waals surface area (Å²) >= 11 is 3.17. The van der Waals surface area contributed by atoms with Crippen molar-refractivity contribution in [3.63, 3.8) is 0 Å². The number of rotatable bonds is 7. The van der Waals surface area contributed by atoms with Crippen LogP contribution in [-0.2, 0) is 6.54 Å². The highest BCUT2D eigenvalue weighted by molar-refractivity contribution is 7.99. The topological polar surface area (TPSA) is 78.3 Å². The summed E-state index contributed by atoms with van der Waals surface area (Å²) in [5.41, 5.74) is 0. The Bertz CT molecular complexity index is 648. The van der Waals surface area contributed by atoms with Gasteiger partial charge in [-0.3, -0.25) is 0 Å². The minimum absolute atomic E-state index is 0.123. The van der Waals surface area contributed by atoms with E-state index in [2.05, 4.69) is 33.8 Å². The van der Waals surface area contributed by atoms with E-state index in [0.29, 0.717) is 18.6 Å². The summed E-state index contributed by atoms with van der Waals surface area (Å²) in [7, 11) is 0. The molecule has 108 valence electrons. The van der Waals surface area contributed by atoms with Crippen molar-refractivity contribution < 1.29 is 0 Å². The van der Waals surface area contributed by atoms with Crippen molar-refractivity contribution >= 4 is 23.1 Å². The molecule has 0 saturated carbocycles. The molecular formula is C14H15N5S2. The molecule has 0 aliphatic carbocycles. The molecule has 0 aliphatic heterocycles. The second kappa shape index (κ2) is 7.82. The van der Waals surface area contributed by atoms with E-state index < -0.39 is 0 Å². The van der Waals surface area contributed by atoms with E-state index in [1.165, 1.54) is 11.8 Å². The second-order valence-electron chi connectivity index (χ2n) is 4.36. The smallest absolute Gasteiger partial charge is 0.191 e. The third-order valence-corrected chi connectivity index (χ3v) is 4.97. The zero-order chi connectivity index (χ0) is 15.1. The van der Waals surface area contributed by atoms with E-state index in [1.807, 2.05) is 17.5 Å². The van der Waals surface area contributed by atoms with E-state index in [-0.39, 0.29) is 5.92 Å². The molecule has 0 amide bonds. The van der Waals surface area contributed by atoms with Crippen LogP contribution in [0.1, 0.15) is 19.8 Å². The molecule has 0 radical (unpaired) electrons. The van der Waals surface area contributed by atoms with Crippen molar-refractivity contribution in [2.24, 2.45) is 5.92 Å². The van der Waals surface area contributed by atoms with E-state index in [4.69, 9.17) is 10.5 Å². The highest BCUT2D eigenvalue weighted by atomic mass is 32.2. The first kappa shape index (κ1) is 15.6. The Kier molecular flexibility index (Phi) is 5.79. The maximum atomic E-state index is 9.10. The van der Waals surface area contributed by atoms with Crippen molar-refractivity contribution in [2.45, 2.75) is 31.5 Å². The molecule has 0 N–H and O–H groups in total. The lowest BCUT2D eigenvalue weighted by molar-refractivity contribution is 0.669. The molecule has 0 saturated heterocycles. The highest BCUT2D eigenvalue weighted by Gasteiger charge is 2.16. The molecule has 2 aromatic rings. The largest absolute Gasteiger partial charge is 0.302 e. The van der Waals surface area contributed by atoms with Crippen LogP contribution in [0.3, 0.4) is 0 Å². The van der Waals surface area contributed by atoms with Crippen molar-refractivity contribution in [1.82, 2.24) is 14.8 Å². The summed E-state index contributed by atoms with van der Waals surface area (Å²) < 4.78 is 2.06. The Morgan fingerprint density at radius 1 is 1.43 bits per heavy atom. The van der Waals surface area contributed by atoms with Gasteiger partial charge >= 0.3 is 0 Å².